The second kappa shape index (κ2) is 3.60. The Hall–Kier alpha value is 0.270. The van der Waals surface area contributed by atoms with Crippen LogP contribution in [0.4, 0.5) is 0 Å². The first-order valence-corrected chi connectivity index (χ1v) is 4.25. The lowest BCUT2D eigenvalue weighted by atomic mass is 10.3. The maximum Gasteiger partial charge on any atom is 0.0674 e. The maximum atomic E-state index is 5.38. The number of rotatable bonds is 1. The minimum absolute atomic E-state index is 0.367. The van der Waals surface area contributed by atoms with Gasteiger partial charge in [0.25, 0.3) is 0 Å². The van der Waals surface area contributed by atoms with E-state index in [2.05, 4.69) is 31.4 Å². The first-order valence-electron chi connectivity index (χ1n) is 3.74. The molecule has 1 saturated heterocycles. The van der Waals surface area contributed by atoms with Crippen LogP contribution in [0.2, 0.25) is 0 Å². The van der Waals surface area contributed by atoms with Crippen LogP contribution in [0.1, 0.15) is 13.8 Å². The molecule has 1 unspecified atom stereocenters. The van der Waals surface area contributed by atoms with Crippen LogP contribution in [0.5, 0.6) is 0 Å². The highest BCUT2D eigenvalue weighted by Crippen LogP contribution is 2.09. The molecule has 2 nitrogen and oxygen atoms in total. The summed E-state index contributed by atoms with van der Waals surface area (Å²) in [5.74, 6) is 0. The van der Waals surface area contributed by atoms with E-state index in [1.165, 1.54) is 0 Å². The van der Waals surface area contributed by atoms with Crippen molar-refractivity contribution in [2.75, 3.05) is 19.7 Å². The summed E-state index contributed by atoms with van der Waals surface area (Å²) in [6.45, 7) is 7.09. The fraction of sp³-hybridized carbons (Fsp3) is 1.00. The number of nitrogens with zero attached hydrogens (tertiary/aromatic N) is 1. The van der Waals surface area contributed by atoms with Crippen LogP contribution in [-0.4, -0.2) is 36.1 Å². The van der Waals surface area contributed by atoms with Gasteiger partial charge in [0.1, 0.15) is 0 Å². The molecule has 2 atom stereocenters. The second-order valence-corrected chi connectivity index (χ2v) is 3.56. The molecule has 0 spiro atoms. The van der Waals surface area contributed by atoms with Gasteiger partial charge < -0.3 is 4.74 Å². The van der Waals surface area contributed by atoms with E-state index in [4.69, 9.17) is 4.74 Å². The molecule has 0 aromatic heterocycles. The van der Waals surface area contributed by atoms with Crippen molar-refractivity contribution >= 4 is 12.6 Å². The molecule has 10 heavy (non-hydrogen) atoms. The maximum absolute atomic E-state index is 5.38. The number of thiol groups is 1. The first-order chi connectivity index (χ1) is 4.70. The van der Waals surface area contributed by atoms with Crippen LogP contribution in [0.3, 0.4) is 0 Å². The highest BCUT2D eigenvalue weighted by atomic mass is 32.1. The Labute approximate surface area is 68.0 Å². The zero-order chi connectivity index (χ0) is 7.56. The average Bonchev–Trinajstić information content (AvgIpc) is 1.88. The summed E-state index contributed by atoms with van der Waals surface area (Å²) in [5, 5.41) is 0.367. The highest BCUT2D eigenvalue weighted by molar-refractivity contribution is 7.80. The lowest BCUT2D eigenvalue weighted by molar-refractivity contribution is -0.0201. The van der Waals surface area contributed by atoms with Crippen LogP contribution in [0, 0.1) is 0 Å². The molecule has 1 fully saturated rings. The molecule has 0 aliphatic carbocycles. The standard InChI is InChI=1S/C7H15NOS/c1-6-5-8(7(2)10)3-4-9-6/h6-7,10H,3-5H2,1-2H3/t6-,7?/m1/s1. The Balaban J connectivity index is 2.32. The first kappa shape index (κ1) is 8.37. The Bertz CT molecular complexity index is 108. The van der Waals surface area contributed by atoms with Gasteiger partial charge >= 0.3 is 0 Å². The Morgan fingerprint density at radius 2 is 2.40 bits per heavy atom. The smallest absolute Gasteiger partial charge is 0.0674 e. The van der Waals surface area contributed by atoms with Crippen molar-refractivity contribution in [3.63, 3.8) is 0 Å². The topological polar surface area (TPSA) is 12.5 Å². The number of hydrogen-bond donors (Lipinski definition) is 1. The van der Waals surface area contributed by atoms with Gasteiger partial charge in [0.2, 0.25) is 0 Å². The van der Waals surface area contributed by atoms with Crippen molar-refractivity contribution in [1.82, 2.24) is 4.90 Å². The molecular weight excluding hydrogens is 146 g/mol. The van der Waals surface area contributed by atoms with E-state index in [9.17, 15) is 0 Å². The van der Waals surface area contributed by atoms with Crippen molar-refractivity contribution in [2.24, 2.45) is 0 Å². The van der Waals surface area contributed by atoms with Gasteiger partial charge in [-0.15, -0.1) is 0 Å². The van der Waals surface area contributed by atoms with Gasteiger partial charge in [-0.05, 0) is 13.8 Å². The molecule has 1 heterocycles. The van der Waals surface area contributed by atoms with Gasteiger partial charge in [0.15, 0.2) is 0 Å². The Morgan fingerprint density at radius 3 is 2.80 bits per heavy atom. The monoisotopic (exact) mass is 161 g/mol. The van der Waals surface area contributed by atoms with E-state index in [-0.39, 0.29) is 0 Å². The number of hydrogen-bond acceptors (Lipinski definition) is 3. The van der Waals surface area contributed by atoms with Crippen LogP contribution >= 0.6 is 12.6 Å². The Morgan fingerprint density at radius 1 is 1.70 bits per heavy atom. The van der Waals surface area contributed by atoms with Crippen molar-refractivity contribution in [3.8, 4) is 0 Å². The van der Waals surface area contributed by atoms with Crippen LogP contribution in [0.25, 0.3) is 0 Å². The molecule has 0 amide bonds. The van der Waals surface area contributed by atoms with Gasteiger partial charge in [-0.25, -0.2) is 0 Å². The third kappa shape index (κ3) is 2.15. The fourth-order valence-electron chi connectivity index (χ4n) is 1.18. The summed E-state index contributed by atoms with van der Waals surface area (Å²) in [4.78, 5) is 2.32. The predicted octanol–water partition coefficient (Wildman–Crippen LogP) is 0.983. The zero-order valence-corrected chi connectivity index (χ0v) is 7.47. The third-order valence-electron chi connectivity index (χ3n) is 1.80. The number of morpholine rings is 1. The van der Waals surface area contributed by atoms with Crippen LogP contribution < -0.4 is 0 Å². The summed E-state index contributed by atoms with van der Waals surface area (Å²) in [6, 6.07) is 0. The lowest BCUT2D eigenvalue weighted by Gasteiger charge is -2.33. The molecule has 0 bridgehead atoms. The van der Waals surface area contributed by atoms with E-state index >= 15 is 0 Å². The van der Waals surface area contributed by atoms with Gasteiger partial charge in [-0.2, -0.15) is 12.6 Å². The SMILES string of the molecule is CC(S)N1CCO[C@H](C)C1. The highest BCUT2D eigenvalue weighted by Gasteiger charge is 2.18. The van der Waals surface area contributed by atoms with Crippen LogP contribution in [0.15, 0.2) is 0 Å². The number of ether oxygens (including phenoxy) is 1. The molecule has 3 heteroatoms. The van der Waals surface area contributed by atoms with E-state index in [0.717, 1.165) is 19.7 Å². The van der Waals surface area contributed by atoms with Gasteiger partial charge in [0, 0.05) is 13.1 Å². The minimum atomic E-state index is 0.367. The molecule has 1 aliphatic heterocycles. The molecule has 0 saturated carbocycles. The zero-order valence-electron chi connectivity index (χ0n) is 6.58. The van der Waals surface area contributed by atoms with Gasteiger partial charge in [-0.1, -0.05) is 0 Å². The molecule has 60 valence electrons. The summed E-state index contributed by atoms with van der Waals surface area (Å²) >= 11 is 4.35. The summed E-state index contributed by atoms with van der Waals surface area (Å²) in [5.41, 5.74) is 0. The van der Waals surface area contributed by atoms with E-state index < -0.39 is 0 Å². The van der Waals surface area contributed by atoms with Gasteiger partial charge in [-0.3, -0.25) is 4.90 Å². The largest absolute Gasteiger partial charge is 0.376 e. The fourth-order valence-corrected chi connectivity index (χ4v) is 1.39. The molecule has 0 N–H and O–H groups in total. The summed E-state index contributed by atoms with van der Waals surface area (Å²) in [6.07, 6.45) is 0.378. The van der Waals surface area contributed by atoms with E-state index in [1.54, 1.807) is 0 Å². The minimum Gasteiger partial charge on any atom is -0.376 e. The second-order valence-electron chi connectivity index (χ2n) is 2.81. The quantitative estimate of drug-likeness (QED) is 0.576. The average molecular weight is 161 g/mol. The summed E-state index contributed by atoms with van der Waals surface area (Å²) < 4.78 is 5.38. The van der Waals surface area contributed by atoms with Crippen molar-refractivity contribution in [3.05, 3.63) is 0 Å². The molecule has 0 radical (unpaired) electrons. The van der Waals surface area contributed by atoms with Crippen molar-refractivity contribution in [1.29, 1.82) is 0 Å². The van der Waals surface area contributed by atoms with Crippen molar-refractivity contribution < 1.29 is 4.74 Å². The van der Waals surface area contributed by atoms with E-state index in [0.29, 0.717) is 11.5 Å². The summed E-state index contributed by atoms with van der Waals surface area (Å²) in [7, 11) is 0. The van der Waals surface area contributed by atoms with Crippen molar-refractivity contribution in [2.45, 2.75) is 25.3 Å². The Kier molecular flexibility index (Phi) is 3.01. The third-order valence-corrected chi connectivity index (χ3v) is 2.13. The molecular formula is C7H15NOS. The van der Waals surface area contributed by atoms with Crippen LogP contribution in [-0.2, 0) is 4.74 Å². The molecule has 0 aromatic rings. The molecule has 1 rings (SSSR count). The van der Waals surface area contributed by atoms with Gasteiger partial charge in [0.05, 0.1) is 18.1 Å². The molecule has 0 aromatic carbocycles. The normalized spacial score (nSPS) is 32.1. The van der Waals surface area contributed by atoms with E-state index in [1.807, 2.05) is 0 Å². The molecule has 1 aliphatic rings. The predicted molar refractivity (Wildman–Crippen MR) is 45.4 cm³/mol. The lowest BCUT2D eigenvalue weighted by Crippen LogP contribution is -2.43.